The molecular formula is C24H19NO4. The Kier molecular flexibility index (Phi) is 4.87. The molecule has 1 aromatic heterocycles. The number of rotatable bonds is 4. The molecule has 0 aliphatic carbocycles. The first-order chi connectivity index (χ1) is 14.0. The van der Waals surface area contributed by atoms with Gasteiger partial charge in [-0.3, -0.25) is 9.59 Å². The fraction of sp³-hybridized carbons (Fsp3) is 0.0833. The Bertz CT molecular complexity index is 1240. The predicted octanol–water partition coefficient (Wildman–Crippen LogP) is 5.03. The molecule has 5 heteroatoms. The highest BCUT2D eigenvalue weighted by Crippen LogP contribution is 2.25. The first kappa shape index (κ1) is 18.5. The predicted molar refractivity (Wildman–Crippen MR) is 114 cm³/mol. The third-order valence-corrected chi connectivity index (χ3v) is 4.68. The number of anilines is 1. The van der Waals surface area contributed by atoms with Gasteiger partial charge in [-0.2, -0.15) is 0 Å². The Morgan fingerprint density at radius 1 is 0.931 bits per heavy atom. The van der Waals surface area contributed by atoms with Gasteiger partial charge in [0.25, 0.3) is 5.91 Å². The van der Waals surface area contributed by atoms with E-state index in [2.05, 4.69) is 5.32 Å². The van der Waals surface area contributed by atoms with Crippen LogP contribution in [0, 0.1) is 6.92 Å². The van der Waals surface area contributed by atoms with Crippen LogP contribution < -0.4 is 15.5 Å². The van der Waals surface area contributed by atoms with E-state index >= 15 is 0 Å². The molecule has 0 atom stereocenters. The van der Waals surface area contributed by atoms with E-state index in [0.717, 1.165) is 11.1 Å². The molecule has 0 aliphatic rings. The van der Waals surface area contributed by atoms with Crippen LogP contribution in [0.25, 0.3) is 22.3 Å². The minimum absolute atomic E-state index is 0.142. The monoisotopic (exact) mass is 385 g/mol. The molecule has 0 bridgehead atoms. The molecular weight excluding hydrogens is 366 g/mol. The van der Waals surface area contributed by atoms with Gasteiger partial charge in [0.1, 0.15) is 17.1 Å². The van der Waals surface area contributed by atoms with Crippen LogP contribution in [0.1, 0.15) is 15.9 Å². The Morgan fingerprint density at radius 2 is 1.66 bits per heavy atom. The lowest BCUT2D eigenvalue weighted by molar-refractivity contribution is 0.102. The average molecular weight is 385 g/mol. The SMILES string of the molecule is COc1ccc2oc(-c3ccc(NC(=O)c4ccc(C)cc4)cc3)cc(=O)c2c1. The van der Waals surface area contributed by atoms with Crippen molar-refractivity contribution in [1.82, 2.24) is 0 Å². The molecule has 3 aromatic carbocycles. The van der Waals surface area contributed by atoms with E-state index in [-0.39, 0.29) is 11.3 Å². The van der Waals surface area contributed by atoms with Gasteiger partial charge in [0.15, 0.2) is 5.43 Å². The molecule has 4 rings (SSSR count). The van der Waals surface area contributed by atoms with Gasteiger partial charge < -0.3 is 14.5 Å². The summed E-state index contributed by atoms with van der Waals surface area (Å²) in [4.78, 5) is 24.8. The fourth-order valence-electron chi connectivity index (χ4n) is 3.03. The number of hydrogen-bond donors (Lipinski definition) is 1. The number of methoxy groups -OCH3 is 1. The Balaban J connectivity index is 1.58. The molecule has 0 saturated heterocycles. The van der Waals surface area contributed by atoms with Gasteiger partial charge in [-0.1, -0.05) is 17.7 Å². The number of carbonyl (C=O) groups excluding carboxylic acids is 1. The van der Waals surface area contributed by atoms with Crippen LogP contribution in [0.5, 0.6) is 5.75 Å². The number of benzene rings is 3. The standard InChI is InChI=1S/C24H19NO4/c1-15-3-5-17(6-4-15)24(27)25-18-9-7-16(8-10-18)23-14-21(26)20-13-19(28-2)11-12-22(20)29-23/h3-14H,1-2H3,(H,25,27). The van der Waals surface area contributed by atoms with E-state index < -0.39 is 0 Å². The molecule has 0 aliphatic heterocycles. The van der Waals surface area contributed by atoms with E-state index in [9.17, 15) is 9.59 Å². The van der Waals surface area contributed by atoms with Gasteiger partial charge in [-0.25, -0.2) is 0 Å². The van der Waals surface area contributed by atoms with Gasteiger partial charge in [-0.15, -0.1) is 0 Å². The molecule has 0 saturated carbocycles. The average Bonchev–Trinajstić information content (AvgIpc) is 2.74. The summed E-state index contributed by atoms with van der Waals surface area (Å²) in [7, 11) is 1.55. The maximum absolute atomic E-state index is 12.5. The summed E-state index contributed by atoms with van der Waals surface area (Å²) >= 11 is 0. The summed E-state index contributed by atoms with van der Waals surface area (Å²) in [6, 6.07) is 21.1. The second-order valence-corrected chi connectivity index (χ2v) is 6.73. The van der Waals surface area contributed by atoms with Crippen molar-refractivity contribution in [3.05, 3.63) is 94.1 Å². The molecule has 0 unspecified atom stereocenters. The smallest absolute Gasteiger partial charge is 0.255 e. The van der Waals surface area contributed by atoms with E-state index in [1.54, 1.807) is 61.7 Å². The first-order valence-corrected chi connectivity index (χ1v) is 9.14. The van der Waals surface area contributed by atoms with E-state index in [1.807, 2.05) is 19.1 Å². The van der Waals surface area contributed by atoms with Crippen molar-refractivity contribution in [2.24, 2.45) is 0 Å². The number of hydrogen-bond acceptors (Lipinski definition) is 4. The third-order valence-electron chi connectivity index (χ3n) is 4.68. The number of fused-ring (bicyclic) bond motifs is 1. The highest BCUT2D eigenvalue weighted by Gasteiger charge is 2.10. The van der Waals surface area contributed by atoms with Crippen LogP contribution in [0.3, 0.4) is 0 Å². The molecule has 1 amide bonds. The largest absolute Gasteiger partial charge is 0.497 e. The van der Waals surface area contributed by atoms with Crippen molar-refractivity contribution in [2.75, 3.05) is 12.4 Å². The number of carbonyl (C=O) groups is 1. The summed E-state index contributed by atoms with van der Waals surface area (Å²) in [5.41, 5.74) is 3.44. The van der Waals surface area contributed by atoms with Crippen LogP contribution in [0.15, 0.2) is 82.0 Å². The number of amides is 1. The third kappa shape index (κ3) is 3.89. The fourth-order valence-corrected chi connectivity index (χ4v) is 3.03. The zero-order valence-corrected chi connectivity index (χ0v) is 16.1. The normalized spacial score (nSPS) is 10.7. The summed E-state index contributed by atoms with van der Waals surface area (Å²) in [6.07, 6.45) is 0. The van der Waals surface area contributed by atoms with Gasteiger partial charge in [0.05, 0.1) is 12.5 Å². The second-order valence-electron chi connectivity index (χ2n) is 6.73. The Labute approximate surface area is 167 Å². The molecule has 0 spiro atoms. The Morgan fingerprint density at radius 3 is 2.34 bits per heavy atom. The second kappa shape index (κ2) is 7.64. The lowest BCUT2D eigenvalue weighted by Crippen LogP contribution is -2.11. The van der Waals surface area contributed by atoms with E-state index in [0.29, 0.717) is 33.7 Å². The highest BCUT2D eigenvalue weighted by molar-refractivity contribution is 6.04. The van der Waals surface area contributed by atoms with Crippen LogP contribution in [-0.2, 0) is 0 Å². The van der Waals surface area contributed by atoms with E-state index in [1.165, 1.54) is 6.07 Å². The maximum atomic E-state index is 12.5. The molecule has 1 N–H and O–H groups in total. The molecule has 0 fully saturated rings. The lowest BCUT2D eigenvalue weighted by atomic mass is 10.1. The van der Waals surface area contributed by atoms with Crippen molar-refractivity contribution in [2.45, 2.75) is 6.92 Å². The van der Waals surface area contributed by atoms with Gasteiger partial charge >= 0.3 is 0 Å². The molecule has 4 aromatic rings. The molecule has 29 heavy (non-hydrogen) atoms. The first-order valence-electron chi connectivity index (χ1n) is 9.14. The van der Waals surface area contributed by atoms with E-state index in [4.69, 9.17) is 9.15 Å². The zero-order valence-electron chi connectivity index (χ0n) is 16.1. The number of aryl methyl sites for hydroxylation is 1. The quantitative estimate of drug-likeness (QED) is 0.535. The van der Waals surface area contributed by atoms with Crippen molar-refractivity contribution in [3.8, 4) is 17.1 Å². The van der Waals surface area contributed by atoms with Crippen LogP contribution in [-0.4, -0.2) is 13.0 Å². The summed E-state index contributed by atoms with van der Waals surface area (Å²) in [6.45, 7) is 1.97. The van der Waals surface area contributed by atoms with Crippen LogP contribution in [0.2, 0.25) is 0 Å². The minimum atomic E-state index is -0.177. The number of nitrogens with one attached hydrogen (secondary N) is 1. The van der Waals surface area contributed by atoms with Crippen LogP contribution in [0.4, 0.5) is 5.69 Å². The summed E-state index contributed by atoms with van der Waals surface area (Å²) in [5, 5.41) is 3.33. The van der Waals surface area contributed by atoms with Crippen molar-refractivity contribution in [3.63, 3.8) is 0 Å². The van der Waals surface area contributed by atoms with Gasteiger partial charge in [-0.05, 0) is 61.5 Å². The zero-order chi connectivity index (χ0) is 20.4. The summed E-state index contributed by atoms with van der Waals surface area (Å²) < 4.78 is 11.0. The Hall–Kier alpha value is -3.86. The lowest BCUT2D eigenvalue weighted by Gasteiger charge is -2.08. The summed E-state index contributed by atoms with van der Waals surface area (Å²) in [5.74, 6) is 0.888. The van der Waals surface area contributed by atoms with Crippen molar-refractivity contribution >= 4 is 22.6 Å². The van der Waals surface area contributed by atoms with Gasteiger partial charge in [0, 0.05) is 22.9 Å². The molecule has 144 valence electrons. The van der Waals surface area contributed by atoms with Gasteiger partial charge in [0.2, 0.25) is 0 Å². The van der Waals surface area contributed by atoms with Crippen LogP contribution >= 0.6 is 0 Å². The maximum Gasteiger partial charge on any atom is 0.255 e. The minimum Gasteiger partial charge on any atom is -0.497 e. The molecule has 5 nitrogen and oxygen atoms in total. The molecule has 0 radical (unpaired) electrons. The highest BCUT2D eigenvalue weighted by atomic mass is 16.5. The van der Waals surface area contributed by atoms with Crippen molar-refractivity contribution < 1.29 is 13.9 Å². The van der Waals surface area contributed by atoms with Crippen molar-refractivity contribution in [1.29, 1.82) is 0 Å². The topological polar surface area (TPSA) is 68.5 Å². The molecule has 1 heterocycles. The number of ether oxygens (including phenoxy) is 1.